The Morgan fingerprint density at radius 2 is 1.97 bits per heavy atom. The fraction of sp³-hybridized carbons (Fsp3) is 0.423. The van der Waals surface area contributed by atoms with Crippen molar-refractivity contribution in [3.8, 4) is 0 Å². The Balaban J connectivity index is 1.16. The molecule has 34 heavy (non-hydrogen) atoms. The third-order valence-corrected chi connectivity index (χ3v) is 7.14. The van der Waals surface area contributed by atoms with Crippen molar-refractivity contribution in [2.75, 3.05) is 38.1 Å². The number of anilines is 1. The fourth-order valence-corrected chi connectivity index (χ4v) is 5.37. The maximum absolute atomic E-state index is 5.52. The lowest BCUT2D eigenvalue weighted by Gasteiger charge is -2.34. The van der Waals surface area contributed by atoms with Crippen molar-refractivity contribution in [3.63, 3.8) is 0 Å². The summed E-state index contributed by atoms with van der Waals surface area (Å²) in [6.45, 7) is 5.49. The normalized spacial score (nSPS) is 19.1. The van der Waals surface area contributed by atoms with Crippen LogP contribution >= 0.6 is 0 Å². The molecule has 0 radical (unpaired) electrons. The van der Waals surface area contributed by atoms with Crippen LogP contribution < -0.4 is 4.90 Å². The number of hydrogen-bond donors (Lipinski definition) is 0. The summed E-state index contributed by atoms with van der Waals surface area (Å²) in [6, 6.07) is 10.6. The van der Waals surface area contributed by atoms with E-state index in [2.05, 4.69) is 44.5 Å². The van der Waals surface area contributed by atoms with Crippen molar-refractivity contribution in [2.24, 2.45) is 0 Å². The maximum Gasteiger partial charge on any atom is 0.211 e. The van der Waals surface area contributed by atoms with Crippen molar-refractivity contribution >= 4 is 11.6 Å². The van der Waals surface area contributed by atoms with Gasteiger partial charge in [0, 0.05) is 51.3 Å². The molecule has 2 aliphatic rings. The largest absolute Gasteiger partial charge is 0.468 e. The molecule has 0 bridgehead atoms. The topological polar surface area (TPSA) is 65.9 Å². The number of aryl methyl sites for hydroxylation is 1. The average molecular weight is 458 g/mol. The number of piperazine rings is 1. The van der Waals surface area contributed by atoms with Gasteiger partial charge >= 0.3 is 0 Å². The number of aromatic nitrogens is 4. The quantitative estimate of drug-likeness (QED) is 0.439. The average Bonchev–Trinajstić information content (AvgIpc) is 3.53. The van der Waals surface area contributed by atoms with Crippen LogP contribution in [0.25, 0.3) is 5.65 Å². The third-order valence-electron chi connectivity index (χ3n) is 7.14. The first-order valence-corrected chi connectivity index (χ1v) is 12.2. The van der Waals surface area contributed by atoms with Gasteiger partial charge in [0.15, 0.2) is 0 Å². The number of imidazole rings is 1. The molecule has 1 fully saturated rings. The monoisotopic (exact) mass is 457 g/mol. The Labute approximate surface area is 199 Å². The van der Waals surface area contributed by atoms with Crippen LogP contribution in [0.15, 0.2) is 59.6 Å². The van der Waals surface area contributed by atoms with Gasteiger partial charge < -0.3 is 9.32 Å². The van der Waals surface area contributed by atoms with Crippen LogP contribution in [-0.4, -0.2) is 62.4 Å². The van der Waals surface area contributed by atoms with Crippen molar-refractivity contribution in [1.82, 2.24) is 29.2 Å². The summed E-state index contributed by atoms with van der Waals surface area (Å²) >= 11 is 0. The molecule has 0 N–H and O–H groups in total. The van der Waals surface area contributed by atoms with Gasteiger partial charge in [-0.05, 0) is 56.1 Å². The second-order valence-electron chi connectivity index (χ2n) is 9.42. The molecule has 5 heterocycles. The predicted octanol–water partition coefficient (Wildman–Crippen LogP) is 3.55. The van der Waals surface area contributed by atoms with E-state index < -0.39 is 0 Å². The first-order chi connectivity index (χ1) is 16.7. The second kappa shape index (κ2) is 9.19. The Morgan fingerprint density at radius 3 is 2.82 bits per heavy atom. The van der Waals surface area contributed by atoms with Crippen LogP contribution in [0, 0.1) is 0 Å². The highest BCUT2D eigenvalue weighted by molar-refractivity contribution is 5.48. The van der Waals surface area contributed by atoms with Crippen molar-refractivity contribution in [2.45, 2.75) is 38.4 Å². The maximum atomic E-state index is 5.52. The molecule has 0 aromatic carbocycles. The number of nitrogens with zero attached hydrogens (tertiary/aromatic N) is 7. The molecule has 4 aromatic rings. The summed E-state index contributed by atoms with van der Waals surface area (Å²) in [5, 5.41) is 0. The zero-order valence-electron chi connectivity index (χ0n) is 19.7. The Bertz CT molecular complexity index is 1240. The van der Waals surface area contributed by atoms with Gasteiger partial charge in [0.05, 0.1) is 30.2 Å². The number of rotatable bonds is 6. The van der Waals surface area contributed by atoms with Crippen LogP contribution in [0.3, 0.4) is 0 Å². The lowest BCUT2D eigenvalue weighted by molar-refractivity contribution is 0.206. The lowest BCUT2D eigenvalue weighted by atomic mass is 9.91. The Kier molecular flexibility index (Phi) is 5.76. The summed E-state index contributed by atoms with van der Waals surface area (Å²) in [5.74, 6) is 1.99. The first kappa shape index (κ1) is 21.3. The zero-order valence-corrected chi connectivity index (χ0v) is 19.7. The molecule has 0 amide bonds. The van der Waals surface area contributed by atoms with Crippen LogP contribution in [0.2, 0.25) is 0 Å². The van der Waals surface area contributed by atoms with E-state index in [0.29, 0.717) is 6.04 Å². The minimum absolute atomic E-state index is 0.342. The van der Waals surface area contributed by atoms with Crippen LogP contribution in [0.5, 0.6) is 0 Å². The zero-order chi connectivity index (χ0) is 22.9. The molecular weight excluding hydrogens is 426 g/mol. The minimum Gasteiger partial charge on any atom is -0.468 e. The first-order valence-electron chi connectivity index (χ1n) is 12.2. The van der Waals surface area contributed by atoms with Gasteiger partial charge in [0.2, 0.25) is 5.95 Å². The Hall–Kier alpha value is -3.23. The molecule has 4 aromatic heterocycles. The van der Waals surface area contributed by atoms with E-state index in [1.807, 2.05) is 30.6 Å². The molecule has 1 aliphatic heterocycles. The van der Waals surface area contributed by atoms with Crippen molar-refractivity contribution in [1.29, 1.82) is 0 Å². The number of fused-ring (bicyclic) bond motifs is 2. The van der Waals surface area contributed by atoms with Gasteiger partial charge in [-0.15, -0.1) is 0 Å². The molecule has 0 spiro atoms. The molecule has 1 aliphatic carbocycles. The molecule has 1 saturated heterocycles. The molecule has 6 rings (SSSR count). The van der Waals surface area contributed by atoms with E-state index in [0.717, 1.165) is 75.2 Å². The van der Waals surface area contributed by atoms with E-state index in [1.165, 1.54) is 17.7 Å². The van der Waals surface area contributed by atoms with Crippen molar-refractivity contribution < 1.29 is 4.42 Å². The summed E-state index contributed by atoms with van der Waals surface area (Å²) in [4.78, 5) is 21.6. The van der Waals surface area contributed by atoms with E-state index in [-0.39, 0.29) is 0 Å². The summed E-state index contributed by atoms with van der Waals surface area (Å²) < 4.78 is 7.67. The van der Waals surface area contributed by atoms with Crippen LogP contribution in [-0.2, 0) is 19.5 Å². The number of hydrogen-bond acceptors (Lipinski definition) is 7. The Morgan fingerprint density at radius 1 is 1.06 bits per heavy atom. The van der Waals surface area contributed by atoms with Gasteiger partial charge in [-0.1, -0.05) is 6.07 Å². The summed E-state index contributed by atoms with van der Waals surface area (Å²) in [7, 11) is 2.19. The van der Waals surface area contributed by atoms with Gasteiger partial charge in [-0.3, -0.25) is 19.2 Å². The smallest absolute Gasteiger partial charge is 0.211 e. The molecule has 8 nitrogen and oxygen atoms in total. The van der Waals surface area contributed by atoms with E-state index in [1.54, 1.807) is 6.26 Å². The van der Waals surface area contributed by atoms with Gasteiger partial charge in [-0.2, -0.15) is 0 Å². The fourth-order valence-electron chi connectivity index (χ4n) is 5.37. The minimum atomic E-state index is 0.342. The van der Waals surface area contributed by atoms with Gasteiger partial charge in [-0.25, -0.2) is 9.97 Å². The van der Waals surface area contributed by atoms with Gasteiger partial charge in [0.25, 0.3) is 0 Å². The van der Waals surface area contributed by atoms with Crippen LogP contribution in [0.1, 0.15) is 41.6 Å². The molecule has 176 valence electrons. The van der Waals surface area contributed by atoms with Gasteiger partial charge in [0.1, 0.15) is 11.4 Å². The summed E-state index contributed by atoms with van der Waals surface area (Å²) in [5.41, 5.74) is 4.64. The lowest BCUT2D eigenvalue weighted by Crippen LogP contribution is -2.46. The standard InChI is InChI=1S/C26H31N7O/c1-30(23-8-2-5-20-6-3-10-27-25(20)23)17-21-18-33-24(29-21)9-11-28-26(33)32-14-12-31(13-15-32)19-22-7-4-16-34-22/h3-4,6-7,9-11,16,18,23H,2,5,8,12-15,17,19H2,1H3/t23-/m0/s1. The highest BCUT2D eigenvalue weighted by atomic mass is 16.3. The van der Waals surface area contributed by atoms with Crippen molar-refractivity contribution in [3.05, 3.63) is 77.9 Å². The second-order valence-corrected chi connectivity index (χ2v) is 9.42. The molecule has 1 atom stereocenters. The third kappa shape index (κ3) is 4.19. The molecule has 8 heteroatoms. The molecule has 0 unspecified atom stereocenters. The molecular formula is C26H31N7O. The van der Waals surface area contributed by atoms with E-state index in [4.69, 9.17) is 19.4 Å². The van der Waals surface area contributed by atoms with E-state index >= 15 is 0 Å². The van der Waals surface area contributed by atoms with Crippen LogP contribution in [0.4, 0.5) is 5.95 Å². The SMILES string of the molecule is CN(Cc1cn2c(N3CCN(Cc4ccco4)CC3)nccc2n1)[C@H]1CCCc2cccnc21. The highest BCUT2D eigenvalue weighted by Crippen LogP contribution is 2.32. The molecule has 0 saturated carbocycles. The summed E-state index contributed by atoms with van der Waals surface area (Å²) in [6.07, 6.45) is 11.2. The number of pyridine rings is 1. The van der Waals surface area contributed by atoms with E-state index in [9.17, 15) is 0 Å². The number of furan rings is 1. The predicted molar refractivity (Wildman–Crippen MR) is 131 cm³/mol. The highest BCUT2D eigenvalue weighted by Gasteiger charge is 2.26.